The Morgan fingerprint density at radius 3 is 2.44 bits per heavy atom. The molecule has 0 bridgehead atoms. The van der Waals surface area contributed by atoms with Crippen LogP contribution in [0.4, 0.5) is 0 Å². The Bertz CT molecular complexity index is 496. The molecular weight excluding hydrogens is 306 g/mol. The second-order valence-corrected chi connectivity index (χ2v) is 6.42. The first-order valence-electron chi connectivity index (χ1n) is 6.08. The summed E-state index contributed by atoms with van der Waals surface area (Å²) < 4.78 is 1.22. The number of thiophene rings is 1. The van der Waals surface area contributed by atoms with E-state index in [9.17, 15) is 0 Å². The average molecular weight is 324 g/mol. The Morgan fingerprint density at radius 1 is 1.28 bits per heavy atom. The molecule has 0 saturated heterocycles. The van der Waals surface area contributed by atoms with Crippen molar-refractivity contribution in [1.82, 2.24) is 5.32 Å². The van der Waals surface area contributed by atoms with E-state index in [0.29, 0.717) is 6.04 Å². The largest absolute Gasteiger partial charge is 0.313 e. The molecule has 0 aliphatic rings. The summed E-state index contributed by atoms with van der Waals surface area (Å²) >= 11 is 5.45. The van der Waals surface area contributed by atoms with Crippen molar-refractivity contribution < 1.29 is 0 Å². The fourth-order valence-corrected chi connectivity index (χ4v) is 3.18. The average Bonchev–Trinajstić information content (AvgIpc) is 2.85. The topological polar surface area (TPSA) is 12.0 Å². The van der Waals surface area contributed by atoms with Crippen molar-refractivity contribution in [2.24, 2.45) is 0 Å². The summed E-state index contributed by atoms with van der Waals surface area (Å²) in [6, 6.07) is 9.24. The quantitative estimate of drug-likeness (QED) is 0.864. The van der Waals surface area contributed by atoms with Gasteiger partial charge >= 0.3 is 0 Å². The van der Waals surface area contributed by atoms with E-state index in [1.807, 2.05) is 18.4 Å². The third kappa shape index (κ3) is 3.02. The normalized spacial score (nSPS) is 12.7. The van der Waals surface area contributed by atoms with Crippen molar-refractivity contribution in [2.75, 3.05) is 7.05 Å². The SMILES string of the molecule is CNC(Cc1cccs1)c1cc(C)c(Br)c(C)c1. The molecule has 18 heavy (non-hydrogen) atoms. The first-order valence-corrected chi connectivity index (χ1v) is 7.75. The van der Waals surface area contributed by atoms with Crippen LogP contribution in [-0.2, 0) is 6.42 Å². The fraction of sp³-hybridized carbons (Fsp3) is 0.333. The van der Waals surface area contributed by atoms with Gasteiger partial charge in [-0.05, 0) is 49.0 Å². The zero-order valence-corrected chi connectivity index (χ0v) is 13.4. The molecule has 0 amide bonds. The van der Waals surface area contributed by atoms with Crippen molar-refractivity contribution in [2.45, 2.75) is 26.3 Å². The van der Waals surface area contributed by atoms with Crippen LogP contribution in [0.15, 0.2) is 34.1 Å². The molecule has 0 saturated carbocycles. The van der Waals surface area contributed by atoms with Crippen LogP contribution in [-0.4, -0.2) is 7.05 Å². The predicted molar refractivity (Wildman–Crippen MR) is 83.4 cm³/mol. The molecule has 1 aromatic carbocycles. The molecule has 1 heterocycles. The van der Waals surface area contributed by atoms with Crippen LogP contribution in [0.5, 0.6) is 0 Å². The monoisotopic (exact) mass is 323 g/mol. The van der Waals surface area contributed by atoms with Crippen molar-refractivity contribution >= 4 is 27.3 Å². The minimum atomic E-state index is 0.383. The van der Waals surface area contributed by atoms with Crippen molar-refractivity contribution in [1.29, 1.82) is 0 Å². The van der Waals surface area contributed by atoms with Crippen LogP contribution in [0.25, 0.3) is 0 Å². The Hall–Kier alpha value is -0.640. The van der Waals surface area contributed by atoms with Gasteiger partial charge < -0.3 is 5.32 Å². The molecule has 1 aromatic heterocycles. The lowest BCUT2D eigenvalue weighted by Crippen LogP contribution is -2.18. The minimum absolute atomic E-state index is 0.383. The van der Waals surface area contributed by atoms with Crippen molar-refractivity contribution in [3.8, 4) is 0 Å². The summed E-state index contributed by atoms with van der Waals surface area (Å²) in [5.74, 6) is 0. The van der Waals surface area contributed by atoms with E-state index >= 15 is 0 Å². The highest BCUT2D eigenvalue weighted by molar-refractivity contribution is 9.10. The summed E-state index contributed by atoms with van der Waals surface area (Å²) in [6.07, 6.45) is 1.05. The second-order valence-electron chi connectivity index (χ2n) is 4.59. The molecule has 3 heteroatoms. The van der Waals surface area contributed by atoms with Gasteiger partial charge in [-0.2, -0.15) is 0 Å². The highest BCUT2D eigenvalue weighted by Crippen LogP contribution is 2.27. The van der Waals surface area contributed by atoms with Gasteiger partial charge in [0.15, 0.2) is 0 Å². The molecule has 0 aliphatic heterocycles. The van der Waals surface area contributed by atoms with Gasteiger partial charge in [0.1, 0.15) is 0 Å². The van der Waals surface area contributed by atoms with Gasteiger partial charge in [0.25, 0.3) is 0 Å². The van der Waals surface area contributed by atoms with Gasteiger partial charge in [-0.25, -0.2) is 0 Å². The van der Waals surface area contributed by atoms with Crippen molar-refractivity contribution in [3.63, 3.8) is 0 Å². The Balaban J connectivity index is 2.27. The Kier molecular flexibility index (Phi) is 4.60. The third-order valence-corrected chi connectivity index (χ3v) is 5.34. The highest BCUT2D eigenvalue weighted by Gasteiger charge is 2.13. The number of nitrogens with one attached hydrogen (secondary N) is 1. The Morgan fingerprint density at radius 2 is 1.94 bits per heavy atom. The molecular formula is C15H18BrNS. The van der Waals surface area contributed by atoms with Crippen LogP contribution < -0.4 is 5.32 Å². The number of benzene rings is 1. The summed E-state index contributed by atoms with van der Waals surface area (Å²) in [5.41, 5.74) is 3.97. The van der Waals surface area contributed by atoms with Gasteiger partial charge in [0.2, 0.25) is 0 Å². The molecule has 0 radical (unpaired) electrons. The maximum atomic E-state index is 3.63. The molecule has 0 fully saturated rings. The molecule has 0 aliphatic carbocycles. The lowest BCUT2D eigenvalue weighted by molar-refractivity contribution is 0.595. The summed E-state index contributed by atoms with van der Waals surface area (Å²) in [6.45, 7) is 4.30. The van der Waals surface area contributed by atoms with E-state index in [4.69, 9.17) is 0 Å². The molecule has 2 aromatic rings. The standard InChI is InChI=1S/C15H18BrNS/c1-10-7-12(8-11(2)15(10)16)14(17-3)9-13-5-4-6-18-13/h4-8,14,17H,9H2,1-3H3. The molecule has 1 nitrogen and oxygen atoms in total. The molecule has 1 unspecified atom stereocenters. The highest BCUT2D eigenvalue weighted by atomic mass is 79.9. The fourth-order valence-electron chi connectivity index (χ4n) is 2.20. The zero-order chi connectivity index (χ0) is 13.1. The number of halogens is 1. The number of aryl methyl sites for hydroxylation is 2. The number of rotatable bonds is 4. The first-order chi connectivity index (χ1) is 8.61. The van der Waals surface area contributed by atoms with Crippen molar-refractivity contribution in [3.05, 3.63) is 55.7 Å². The summed E-state index contributed by atoms with van der Waals surface area (Å²) in [5, 5.41) is 5.56. The first kappa shape index (κ1) is 13.8. The number of hydrogen-bond acceptors (Lipinski definition) is 2. The van der Waals surface area contributed by atoms with E-state index < -0.39 is 0 Å². The van der Waals surface area contributed by atoms with E-state index in [1.54, 1.807) is 0 Å². The second kappa shape index (κ2) is 6.00. The molecule has 2 rings (SSSR count). The van der Waals surface area contributed by atoms with Crippen LogP contribution in [0.1, 0.15) is 27.6 Å². The lowest BCUT2D eigenvalue weighted by Gasteiger charge is -2.18. The van der Waals surface area contributed by atoms with Crippen LogP contribution in [0.3, 0.4) is 0 Å². The van der Waals surface area contributed by atoms with E-state index in [1.165, 1.54) is 26.0 Å². The maximum Gasteiger partial charge on any atom is 0.0366 e. The van der Waals surface area contributed by atoms with Crippen LogP contribution in [0, 0.1) is 13.8 Å². The number of hydrogen-bond donors (Lipinski definition) is 1. The summed E-state index contributed by atoms with van der Waals surface area (Å²) in [7, 11) is 2.03. The lowest BCUT2D eigenvalue weighted by atomic mass is 9.99. The van der Waals surface area contributed by atoms with E-state index in [0.717, 1.165) is 6.42 Å². The number of likely N-dealkylation sites (N-methyl/N-ethyl adjacent to an activating group) is 1. The van der Waals surface area contributed by atoms with Gasteiger partial charge in [-0.1, -0.05) is 34.1 Å². The van der Waals surface area contributed by atoms with Crippen LogP contribution in [0.2, 0.25) is 0 Å². The van der Waals surface area contributed by atoms with Gasteiger partial charge in [-0.15, -0.1) is 11.3 Å². The van der Waals surface area contributed by atoms with Gasteiger partial charge in [0.05, 0.1) is 0 Å². The van der Waals surface area contributed by atoms with E-state index in [-0.39, 0.29) is 0 Å². The summed E-state index contributed by atoms with van der Waals surface area (Å²) in [4.78, 5) is 1.42. The Labute approximate surface area is 121 Å². The molecule has 1 N–H and O–H groups in total. The van der Waals surface area contributed by atoms with Gasteiger partial charge in [-0.3, -0.25) is 0 Å². The third-order valence-electron chi connectivity index (χ3n) is 3.20. The molecule has 0 spiro atoms. The smallest absolute Gasteiger partial charge is 0.0366 e. The predicted octanol–water partition coefficient (Wildman–Crippen LogP) is 4.63. The molecule has 96 valence electrons. The van der Waals surface area contributed by atoms with Gasteiger partial charge in [0, 0.05) is 21.8 Å². The molecule has 1 atom stereocenters. The van der Waals surface area contributed by atoms with E-state index in [2.05, 4.69) is 64.7 Å². The maximum absolute atomic E-state index is 3.63. The minimum Gasteiger partial charge on any atom is -0.313 e. The van der Waals surface area contributed by atoms with Crippen LogP contribution >= 0.6 is 27.3 Å². The zero-order valence-electron chi connectivity index (χ0n) is 11.0.